The Bertz CT molecular complexity index is 838. The number of hydrogen-bond acceptors (Lipinski definition) is 4. The normalized spacial score (nSPS) is 16.9. The maximum atomic E-state index is 12.7. The van der Waals surface area contributed by atoms with Crippen LogP contribution in [0.4, 0.5) is 5.69 Å². The first kappa shape index (κ1) is 18.1. The van der Waals surface area contributed by atoms with Crippen LogP contribution in [0.5, 0.6) is 11.5 Å². The van der Waals surface area contributed by atoms with E-state index in [2.05, 4.69) is 17.1 Å². The molecule has 1 N–H and O–H groups in total. The van der Waals surface area contributed by atoms with Crippen LogP contribution >= 0.6 is 11.6 Å². The van der Waals surface area contributed by atoms with Crippen LogP contribution in [0.25, 0.3) is 0 Å². The summed E-state index contributed by atoms with van der Waals surface area (Å²) in [6.45, 7) is 3.51. The maximum absolute atomic E-state index is 12.7. The van der Waals surface area contributed by atoms with Gasteiger partial charge in [-0.1, -0.05) is 29.8 Å². The monoisotopic (exact) mass is 386 g/mol. The Morgan fingerprint density at radius 1 is 1.19 bits per heavy atom. The fraction of sp³-hybridized carbons (Fsp3) is 0.381. The number of anilines is 1. The molecule has 142 valence electrons. The average molecular weight is 387 g/mol. The van der Waals surface area contributed by atoms with Crippen LogP contribution in [0, 0.1) is 0 Å². The van der Waals surface area contributed by atoms with Gasteiger partial charge in [0.2, 0.25) is 5.91 Å². The van der Waals surface area contributed by atoms with E-state index in [1.54, 1.807) is 0 Å². The largest absolute Gasteiger partial charge is 0.486 e. The highest BCUT2D eigenvalue weighted by Crippen LogP contribution is 2.36. The topological polar surface area (TPSA) is 50.8 Å². The fourth-order valence-electron chi connectivity index (χ4n) is 3.47. The first-order valence-corrected chi connectivity index (χ1v) is 9.69. The van der Waals surface area contributed by atoms with Gasteiger partial charge in [-0.2, -0.15) is 0 Å². The third-order valence-corrected chi connectivity index (χ3v) is 5.36. The molecule has 5 nitrogen and oxygen atoms in total. The molecule has 0 bridgehead atoms. The van der Waals surface area contributed by atoms with Gasteiger partial charge in [0.1, 0.15) is 13.2 Å². The molecule has 1 atom stereocenters. The van der Waals surface area contributed by atoms with Gasteiger partial charge in [-0.25, -0.2) is 0 Å². The summed E-state index contributed by atoms with van der Waals surface area (Å²) in [5.74, 6) is 1.34. The molecule has 1 aliphatic heterocycles. The van der Waals surface area contributed by atoms with E-state index < -0.39 is 0 Å². The number of hydrogen-bond donors (Lipinski definition) is 1. The van der Waals surface area contributed by atoms with Gasteiger partial charge in [-0.05, 0) is 43.5 Å². The zero-order valence-electron chi connectivity index (χ0n) is 15.3. The van der Waals surface area contributed by atoms with Crippen molar-refractivity contribution in [3.8, 4) is 11.5 Å². The first-order valence-electron chi connectivity index (χ1n) is 9.31. The second kappa shape index (κ2) is 7.79. The Labute approximate surface area is 164 Å². The second-order valence-electron chi connectivity index (χ2n) is 7.01. The highest BCUT2D eigenvalue weighted by atomic mass is 35.5. The Morgan fingerprint density at radius 3 is 2.67 bits per heavy atom. The molecule has 6 heteroatoms. The molecule has 1 fully saturated rings. The Hall–Kier alpha value is -2.24. The average Bonchev–Trinajstić information content (AvgIpc) is 3.51. The van der Waals surface area contributed by atoms with E-state index in [0.717, 1.165) is 23.4 Å². The number of rotatable bonds is 6. The van der Waals surface area contributed by atoms with E-state index in [4.69, 9.17) is 21.1 Å². The summed E-state index contributed by atoms with van der Waals surface area (Å²) in [4.78, 5) is 14.9. The number of carbonyl (C=O) groups is 1. The van der Waals surface area contributed by atoms with Crippen LogP contribution in [-0.2, 0) is 4.79 Å². The van der Waals surface area contributed by atoms with E-state index in [0.29, 0.717) is 43.0 Å². The Morgan fingerprint density at radius 2 is 1.93 bits per heavy atom. The lowest BCUT2D eigenvalue weighted by Gasteiger charge is -2.29. The summed E-state index contributed by atoms with van der Waals surface area (Å²) >= 11 is 6.37. The van der Waals surface area contributed by atoms with Gasteiger partial charge in [0, 0.05) is 28.9 Å². The lowest BCUT2D eigenvalue weighted by molar-refractivity contribution is -0.118. The number of halogens is 1. The molecule has 1 aliphatic carbocycles. The standard InChI is InChI=1S/C21H23ClN2O3/c1-14(17-4-2-3-5-18(17)22)24(16-7-8-16)13-21(25)23-15-6-9-19-20(12-15)27-11-10-26-19/h2-6,9,12,14,16H,7-8,10-11,13H2,1H3,(H,23,25)/t14-/m0/s1. The fourth-order valence-corrected chi connectivity index (χ4v) is 3.76. The maximum Gasteiger partial charge on any atom is 0.238 e. The van der Waals surface area contributed by atoms with Crippen molar-refractivity contribution < 1.29 is 14.3 Å². The van der Waals surface area contributed by atoms with Crippen molar-refractivity contribution in [1.82, 2.24) is 4.90 Å². The molecule has 4 rings (SSSR count). The predicted octanol–water partition coefficient (Wildman–Crippen LogP) is 4.28. The van der Waals surface area contributed by atoms with Crippen molar-refractivity contribution in [2.75, 3.05) is 25.1 Å². The van der Waals surface area contributed by atoms with E-state index >= 15 is 0 Å². The lowest BCUT2D eigenvalue weighted by Crippen LogP contribution is -2.37. The summed E-state index contributed by atoms with van der Waals surface area (Å²) in [5, 5.41) is 3.72. The Balaban J connectivity index is 1.44. The zero-order chi connectivity index (χ0) is 18.8. The SMILES string of the molecule is C[C@@H](c1ccccc1Cl)N(CC(=O)Nc1ccc2c(c1)OCCO2)C1CC1. The number of carbonyl (C=O) groups excluding carboxylic acids is 1. The zero-order valence-corrected chi connectivity index (χ0v) is 16.0. The van der Waals surface area contributed by atoms with Crippen molar-refractivity contribution >= 4 is 23.2 Å². The summed E-state index contributed by atoms with van der Waals surface area (Å²) in [6, 6.07) is 13.8. The first-order chi connectivity index (χ1) is 13.1. The van der Waals surface area contributed by atoms with Crippen LogP contribution in [0.15, 0.2) is 42.5 Å². The minimum absolute atomic E-state index is 0.0440. The van der Waals surface area contributed by atoms with Gasteiger partial charge >= 0.3 is 0 Å². The molecule has 2 aromatic carbocycles. The quantitative estimate of drug-likeness (QED) is 0.805. The van der Waals surface area contributed by atoms with Crippen molar-refractivity contribution in [3.05, 3.63) is 53.1 Å². The van der Waals surface area contributed by atoms with Crippen molar-refractivity contribution in [3.63, 3.8) is 0 Å². The highest BCUT2D eigenvalue weighted by Gasteiger charge is 2.34. The number of benzene rings is 2. The molecule has 2 aliphatic rings. The van der Waals surface area contributed by atoms with Gasteiger partial charge in [-0.15, -0.1) is 0 Å². The summed E-state index contributed by atoms with van der Waals surface area (Å²) in [7, 11) is 0. The van der Waals surface area contributed by atoms with Gasteiger partial charge < -0.3 is 14.8 Å². The van der Waals surface area contributed by atoms with E-state index in [9.17, 15) is 4.79 Å². The minimum atomic E-state index is -0.0440. The van der Waals surface area contributed by atoms with Crippen molar-refractivity contribution in [2.45, 2.75) is 31.8 Å². The van der Waals surface area contributed by atoms with Crippen LogP contribution in [0.3, 0.4) is 0 Å². The molecule has 0 aromatic heterocycles. The third kappa shape index (κ3) is 4.20. The number of ether oxygens (including phenoxy) is 2. The van der Waals surface area contributed by atoms with Crippen LogP contribution in [0.2, 0.25) is 5.02 Å². The summed E-state index contributed by atoms with van der Waals surface area (Å²) < 4.78 is 11.1. The van der Waals surface area contributed by atoms with Crippen LogP contribution in [0.1, 0.15) is 31.4 Å². The molecule has 2 aromatic rings. The molecule has 0 spiro atoms. The molecule has 0 saturated heterocycles. The van der Waals surface area contributed by atoms with Crippen molar-refractivity contribution in [1.29, 1.82) is 0 Å². The third-order valence-electron chi connectivity index (χ3n) is 5.02. The number of nitrogens with zero attached hydrogens (tertiary/aromatic N) is 1. The van der Waals surface area contributed by atoms with Gasteiger partial charge in [0.15, 0.2) is 11.5 Å². The number of amides is 1. The summed E-state index contributed by atoms with van der Waals surface area (Å²) in [6.07, 6.45) is 2.23. The van der Waals surface area contributed by atoms with E-state index in [1.807, 2.05) is 42.5 Å². The minimum Gasteiger partial charge on any atom is -0.486 e. The van der Waals surface area contributed by atoms with Gasteiger partial charge in [0.05, 0.1) is 6.54 Å². The highest BCUT2D eigenvalue weighted by molar-refractivity contribution is 6.31. The Kier molecular flexibility index (Phi) is 5.23. The smallest absolute Gasteiger partial charge is 0.238 e. The van der Waals surface area contributed by atoms with Crippen LogP contribution in [-0.4, -0.2) is 36.6 Å². The second-order valence-corrected chi connectivity index (χ2v) is 7.41. The molecular weight excluding hydrogens is 364 g/mol. The van der Waals surface area contributed by atoms with Gasteiger partial charge in [0.25, 0.3) is 0 Å². The lowest BCUT2D eigenvalue weighted by atomic mass is 10.1. The predicted molar refractivity (Wildman–Crippen MR) is 106 cm³/mol. The van der Waals surface area contributed by atoms with Gasteiger partial charge in [-0.3, -0.25) is 9.69 Å². The molecular formula is C21H23ClN2O3. The number of fused-ring (bicyclic) bond motifs is 1. The molecule has 1 amide bonds. The van der Waals surface area contributed by atoms with E-state index in [-0.39, 0.29) is 11.9 Å². The number of nitrogens with one attached hydrogen (secondary N) is 1. The van der Waals surface area contributed by atoms with Crippen LogP contribution < -0.4 is 14.8 Å². The molecule has 1 heterocycles. The molecule has 27 heavy (non-hydrogen) atoms. The summed E-state index contributed by atoms with van der Waals surface area (Å²) in [5.41, 5.74) is 1.77. The molecule has 0 radical (unpaired) electrons. The van der Waals surface area contributed by atoms with E-state index in [1.165, 1.54) is 0 Å². The van der Waals surface area contributed by atoms with Crippen molar-refractivity contribution in [2.24, 2.45) is 0 Å². The molecule has 0 unspecified atom stereocenters. The molecule has 1 saturated carbocycles.